The first kappa shape index (κ1) is 10.9. The Morgan fingerprint density at radius 3 is 2.67 bits per heavy atom. The highest BCUT2D eigenvalue weighted by atomic mass is 16.1. The SMILES string of the molecule is CCNC(=O)CNC1CN2CCC1CC2. The second-order valence-electron chi connectivity index (χ2n) is 4.58. The smallest absolute Gasteiger partial charge is 0.233 e. The van der Waals surface area contributed by atoms with Crippen molar-refractivity contribution in [3.63, 3.8) is 0 Å². The zero-order valence-electron chi connectivity index (χ0n) is 9.46. The molecule has 1 unspecified atom stereocenters. The van der Waals surface area contributed by atoms with Crippen LogP contribution in [0, 0.1) is 5.92 Å². The maximum atomic E-state index is 11.3. The highest BCUT2D eigenvalue weighted by molar-refractivity contribution is 5.77. The fourth-order valence-electron chi connectivity index (χ4n) is 2.68. The summed E-state index contributed by atoms with van der Waals surface area (Å²) >= 11 is 0. The molecule has 4 nitrogen and oxygen atoms in total. The molecular formula is C11H21N3O. The average Bonchev–Trinajstić information content (AvgIpc) is 2.28. The van der Waals surface area contributed by atoms with Crippen molar-refractivity contribution in [1.82, 2.24) is 15.5 Å². The van der Waals surface area contributed by atoms with E-state index in [-0.39, 0.29) is 5.91 Å². The van der Waals surface area contributed by atoms with Crippen LogP contribution in [-0.4, -0.2) is 49.6 Å². The van der Waals surface area contributed by atoms with Crippen LogP contribution in [0.2, 0.25) is 0 Å². The third kappa shape index (κ3) is 2.69. The van der Waals surface area contributed by atoms with Crippen molar-refractivity contribution >= 4 is 5.91 Å². The van der Waals surface area contributed by atoms with Crippen molar-refractivity contribution in [2.45, 2.75) is 25.8 Å². The highest BCUT2D eigenvalue weighted by Gasteiger charge is 2.33. The molecule has 1 atom stereocenters. The molecule has 1 amide bonds. The Labute approximate surface area is 91.4 Å². The maximum Gasteiger partial charge on any atom is 0.233 e. The van der Waals surface area contributed by atoms with Gasteiger partial charge in [-0.05, 0) is 38.8 Å². The Bertz CT molecular complexity index is 224. The van der Waals surface area contributed by atoms with Crippen LogP contribution in [0.4, 0.5) is 0 Å². The number of amides is 1. The lowest BCUT2D eigenvalue weighted by Gasteiger charge is -2.45. The summed E-state index contributed by atoms with van der Waals surface area (Å²) in [4.78, 5) is 13.8. The van der Waals surface area contributed by atoms with Gasteiger partial charge in [-0.15, -0.1) is 0 Å². The summed E-state index contributed by atoms with van der Waals surface area (Å²) < 4.78 is 0. The van der Waals surface area contributed by atoms with Gasteiger partial charge in [-0.25, -0.2) is 0 Å². The zero-order valence-corrected chi connectivity index (χ0v) is 9.46. The molecule has 3 aliphatic rings. The van der Waals surface area contributed by atoms with Crippen molar-refractivity contribution in [1.29, 1.82) is 0 Å². The molecule has 15 heavy (non-hydrogen) atoms. The molecule has 3 fully saturated rings. The Hall–Kier alpha value is -0.610. The molecule has 4 heteroatoms. The molecule has 0 saturated carbocycles. The number of hydrogen-bond acceptors (Lipinski definition) is 3. The number of nitrogens with one attached hydrogen (secondary N) is 2. The predicted molar refractivity (Wildman–Crippen MR) is 59.6 cm³/mol. The molecule has 2 bridgehead atoms. The molecule has 0 radical (unpaired) electrons. The zero-order chi connectivity index (χ0) is 10.7. The van der Waals surface area contributed by atoms with Crippen LogP contribution in [-0.2, 0) is 4.79 Å². The Morgan fingerprint density at radius 1 is 1.40 bits per heavy atom. The highest BCUT2D eigenvalue weighted by Crippen LogP contribution is 2.27. The van der Waals surface area contributed by atoms with Crippen molar-refractivity contribution in [2.24, 2.45) is 5.92 Å². The van der Waals surface area contributed by atoms with Gasteiger partial charge in [-0.1, -0.05) is 0 Å². The second-order valence-corrected chi connectivity index (χ2v) is 4.58. The van der Waals surface area contributed by atoms with E-state index >= 15 is 0 Å². The van der Waals surface area contributed by atoms with Gasteiger partial charge in [0.15, 0.2) is 0 Å². The van der Waals surface area contributed by atoms with E-state index in [0.717, 1.165) is 19.0 Å². The Morgan fingerprint density at radius 2 is 2.13 bits per heavy atom. The summed E-state index contributed by atoms with van der Waals surface area (Å²) in [6.45, 7) is 6.79. The number of rotatable bonds is 4. The molecule has 0 aromatic rings. The van der Waals surface area contributed by atoms with Gasteiger partial charge in [0.2, 0.25) is 5.91 Å². The lowest BCUT2D eigenvalue weighted by atomic mass is 9.84. The largest absolute Gasteiger partial charge is 0.355 e. The molecule has 0 aliphatic carbocycles. The molecule has 2 N–H and O–H groups in total. The Kier molecular flexibility index (Phi) is 3.59. The summed E-state index contributed by atoms with van der Waals surface area (Å²) in [6, 6.07) is 0.537. The third-order valence-electron chi connectivity index (χ3n) is 3.55. The minimum absolute atomic E-state index is 0.119. The standard InChI is InChI=1S/C11H21N3O/c1-2-12-11(15)7-13-10-8-14-5-3-9(10)4-6-14/h9-10,13H,2-8H2,1H3,(H,12,15). The number of hydrogen-bond donors (Lipinski definition) is 2. The van der Waals surface area contributed by atoms with Crippen molar-refractivity contribution < 1.29 is 4.79 Å². The fraction of sp³-hybridized carbons (Fsp3) is 0.909. The van der Waals surface area contributed by atoms with E-state index in [4.69, 9.17) is 0 Å². The van der Waals surface area contributed by atoms with Crippen LogP contribution in [0.3, 0.4) is 0 Å². The topological polar surface area (TPSA) is 44.4 Å². The van der Waals surface area contributed by atoms with Crippen LogP contribution in [0.25, 0.3) is 0 Å². The first-order valence-electron chi connectivity index (χ1n) is 6.02. The molecule has 3 rings (SSSR count). The monoisotopic (exact) mass is 211 g/mol. The van der Waals surface area contributed by atoms with Gasteiger partial charge in [-0.2, -0.15) is 0 Å². The van der Waals surface area contributed by atoms with Gasteiger partial charge in [0.1, 0.15) is 0 Å². The molecular weight excluding hydrogens is 190 g/mol. The molecule has 86 valence electrons. The number of piperidine rings is 3. The number of nitrogens with zero attached hydrogens (tertiary/aromatic N) is 1. The van der Waals surface area contributed by atoms with E-state index in [1.54, 1.807) is 0 Å². The molecule has 3 aliphatic heterocycles. The summed E-state index contributed by atoms with van der Waals surface area (Å²) in [5.74, 6) is 0.915. The van der Waals surface area contributed by atoms with Gasteiger partial charge in [0, 0.05) is 19.1 Å². The van der Waals surface area contributed by atoms with Crippen molar-refractivity contribution in [2.75, 3.05) is 32.7 Å². The summed E-state index contributed by atoms with van der Waals surface area (Å²) in [5, 5.41) is 6.20. The lowest BCUT2D eigenvalue weighted by Crippen LogP contribution is -2.57. The van der Waals surface area contributed by atoms with Gasteiger partial charge in [0.25, 0.3) is 0 Å². The second kappa shape index (κ2) is 4.94. The van der Waals surface area contributed by atoms with E-state index < -0.39 is 0 Å². The first-order chi connectivity index (χ1) is 7.29. The summed E-state index contributed by atoms with van der Waals surface area (Å²) in [6.07, 6.45) is 2.60. The minimum Gasteiger partial charge on any atom is -0.355 e. The van der Waals surface area contributed by atoms with Gasteiger partial charge in [-0.3, -0.25) is 4.79 Å². The fourth-order valence-corrected chi connectivity index (χ4v) is 2.68. The minimum atomic E-state index is 0.119. The van der Waals surface area contributed by atoms with Gasteiger partial charge < -0.3 is 15.5 Å². The van der Waals surface area contributed by atoms with Crippen molar-refractivity contribution in [3.05, 3.63) is 0 Å². The molecule has 0 spiro atoms. The van der Waals surface area contributed by atoms with E-state index in [1.807, 2.05) is 6.92 Å². The van der Waals surface area contributed by atoms with Gasteiger partial charge >= 0.3 is 0 Å². The van der Waals surface area contributed by atoms with Crippen molar-refractivity contribution in [3.8, 4) is 0 Å². The predicted octanol–water partition coefficient (Wildman–Crippen LogP) is -0.194. The summed E-state index contributed by atoms with van der Waals surface area (Å²) in [7, 11) is 0. The summed E-state index contributed by atoms with van der Waals surface area (Å²) in [5.41, 5.74) is 0. The number of likely N-dealkylation sites (N-methyl/N-ethyl adjacent to an activating group) is 1. The van der Waals surface area contributed by atoms with Crippen LogP contribution < -0.4 is 10.6 Å². The number of carbonyl (C=O) groups excluding carboxylic acids is 1. The molecule has 3 saturated heterocycles. The van der Waals surface area contributed by atoms with Crippen LogP contribution in [0.15, 0.2) is 0 Å². The molecule has 0 aromatic heterocycles. The Balaban J connectivity index is 1.73. The third-order valence-corrected chi connectivity index (χ3v) is 3.55. The molecule has 0 aromatic carbocycles. The van der Waals surface area contributed by atoms with Crippen LogP contribution in [0.5, 0.6) is 0 Å². The maximum absolute atomic E-state index is 11.3. The van der Waals surface area contributed by atoms with E-state index in [2.05, 4.69) is 15.5 Å². The number of carbonyl (C=O) groups is 1. The van der Waals surface area contributed by atoms with E-state index in [1.165, 1.54) is 25.9 Å². The first-order valence-corrected chi connectivity index (χ1v) is 6.02. The van der Waals surface area contributed by atoms with Gasteiger partial charge in [0.05, 0.1) is 6.54 Å². The average molecular weight is 211 g/mol. The van der Waals surface area contributed by atoms with Crippen LogP contribution in [0.1, 0.15) is 19.8 Å². The van der Waals surface area contributed by atoms with Crippen LogP contribution >= 0.6 is 0 Å². The quantitative estimate of drug-likeness (QED) is 0.677. The molecule has 3 heterocycles. The van der Waals surface area contributed by atoms with E-state index in [9.17, 15) is 4.79 Å². The lowest BCUT2D eigenvalue weighted by molar-refractivity contribution is -0.120. The van der Waals surface area contributed by atoms with E-state index in [0.29, 0.717) is 12.6 Å². The number of fused-ring (bicyclic) bond motifs is 3. The normalized spacial score (nSPS) is 34.1.